The summed E-state index contributed by atoms with van der Waals surface area (Å²) in [4.78, 5) is 47.9. The Morgan fingerprint density at radius 2 is 1.64 bits per heavy atom. The predicted molar refractivity (Wildman–Crippen MR) is 171 cm³/mol. The molecule has 0 unspecified atom stereocenters. The van der Waals surface area contributed by atoms with Crippen molar-refractivity contribution in [2.45, 2.75) is 56.8 Å². The van der Waals surface area contributed by atoms with Crippen LogP contribution in [0.3, 0.4) is 0 Å². The molecule has 2 saturated heterocycles. The fourth-order valence-corrected chi connectivity index (χ4v) is 7.43. The minimum Gasteiger partial charge on any atom is -0.397 e. The van der Waals surface area contributed by atoms with E-state index in [-0.39, 0.29) is 24.0 Å². The Balaban J connectivity index is 1.24. The quantitative estimate of drug-likeness (QED) is 0.384. The van der Waals surface area contributed by atoms with Crippen molar-refractivity contribution in [3.05, 3.63) is 56.5 Å². The van der Waals surface area contributed by atoms with E-state index in [1.165, 1.54) is 0 Å². The molecular weight excluding hydrogens is 666 g/mol. The zero-order valence-electron chi connectivity index (χ0n) is 24.1. The smallest absolute Gasteiger partial charge is 0.322 e. The molecule has 12 heteroatoms. The van der Waals surface area contributed by atoms with E-state index in [1.54, 1.807) is 4.90 Å². The molecule has 0 radical (unpaired) electrons. The topological polar surface area (TPSA) is 114 Å². The van der Waals surface area contributed by atoms with Crippen molar-refractivity contribution in [2.75, 3.05) is 51.3 Å². The maximum absolute atomic E-state index is 13.8. The van der Waals surface area contributed by atoms with Gasteiger partial charge < -0.3 is 36.0 Å². The molecule has 3 aliphatic rings. The van der Waals surface area contributed by atoms with E-state index in [4.69, 9.17) is 5.73 Å². The summed E-state index contributed by atoms with van der Waals surface area (Å²) in [5.41, 5.74) is 9.52. The Bertz CT molecular complexity index is 1300. The van der Waals surface area contributed by atoms with E-state index in [2.05, 4.69) is 61.5 Å². The third-order valence-corrected chi connectivity index (χ3v) is 10.0. The van der Waals surface area contributed by atoms with Crippen LogP contribution in [-0.2, 0) is 17.8 Å². The van der Waals surface area contributed by atoms with E-state index < -0.39 is 6.04 Å². The number of carbonyl (C=O) groups is 3. The molecule has 3 aliphatic heterocycles. The van der Waals surface area contributed by atoms with Crippen LogP contribution in [0.2, 0.25) is 0 Å². The largest absolute Gasteiger partial charge is 0.397 e. The van der Waals surface area contributed by atoms with Crippen LogP contribution < -0.4 is 16.4 Å². The van der Waals surface area contributed by atoms with Gasteiger partial charge in [0.2, 0.25) is 5.91 Å². The molecule has 10 nitrogen and oxygen atoms in total. The molecule has 0 aliphatic carbocycles. The lowest BCUT2D eigenvalue weighted by Gasteiger charge is -2.41. The van der Waals surface area contributed by atoms with Crippen LogP contribution in [0.4, 0.5) is 21.0 Å². The van der Waals surface area contributed by atoms with Gasteiger partial charge in [-0.2, -0.15) is 0 Å². The first-order valence-corrected chi connectivity index (χ1v) is 16.1. The van der Waals surface area contributed by atoms with Crippen LogP contribution in [0, 0.1) is 0 Å². The summed E-state index contributed by atoms with van der Waals surface area (Å²) >= 11 is 7.01. The van der Waals surface area contributed by atoms with E-state index in [0.29, 0.717) is 63.7 Å². The highest BCUT2D eigenvalue weighted by Crippen LogP contribution is 2.31. The van der Waals surface area contributed by atoms with Crippen molar-refractivity contribution in [3.63, 3.8) is 0 Å². The van der Waals surface area contributed by atoms with Gasteiger partial charge in [0.15, 0.2) is 0 Å². The first-order valence-electron chi connectivity index (χ1n) is 14.5. The molecule has 3 heterocycles. The van der Waals surface area contributed by atoms with Gasteiger partial charge in [0.25, 0.3) is 0 Å². The lowest BCUT2D eigenvalue weighted by Crippen LogP contribution is -2.57. The molecule has 5 amide bonds. The fraction of sp³-hybridized carbons (Fsp3) is 0.500. The number of carbonyl (C=O) groups excluding carboxylic acids is 3. The normalized spacial score (nSPS) is 19.0. The molecule has 5 rings (SSSR count). The summed E-state index contributed by atoms with van der Waals surface area (Å²) in [5, 5.41) is 6.06. The number of nitrogens with zero attached hydrogens (tertiary/aromatic N) is 4. The number of nitrogens with two attached hydrogens (primary N) is 1. The van der Waals surface area contributed by atoms with Crippen molar-refractivity contribution in [3.8, 4) is 0 Å². The highest BCUT2D eigenvalue weighted by molar-refractivity contribution is 9.11. The number of fused-ring (bicyclic) bond motifs is 1. The number of likely N-dealkylation sites (tertiary alicyclic amines) is 2. The molecule has 0 aromatic heterocycles. The molecule has 0 spiro atoms. The summed E-state index contributed by atoms with van der Waals surface area (Å²) in [6, 6.07) is 11.1. The second-order valence-electron chi connectivity index (χ2n) is 11.6. The zero-order chi connectivity index (χ0) is 30.0. The van der Waals surface area contributed by atoms with E-state index in [0.717, 1.165) is 38.6 Å². The number of hydrogen-bond donors (Lipinski definition) is 3. The molecule has 1 atom stereocenters. The van der Waals surface area contributed by atoms with Crippen molar-refractivity contribution >= 4 is 61.2 Å². The van der Waals surface area contributed by atoms with Gasteiger partial charge in [-0.1, -0.05) is 18.2 Å². The Morgan fingerprint density at radius 1 is 1.02 bits per heavy atom. The second-order valence-corrected chi connectivity index (χ2v) is 13.3. The first-order chi connectivity index (χ1) is 20.1. The zero-order valence-corrected chi connectivity index (χ0v) is 27.3. The van der Waals surface area contributed by atoms with Crippen molar-refractivity contribution in [1.29, 1.82) is 0 Å². The molecule has 4 N–H and O–H groups in total. The maximum atomic E-state index is 13.8. The summed E-state index contributed by atoms with van der Waals surface area (Å²) in [6.45, 7) is 2.91. The number of nitrogens with one attached hydrogen (secondary N) is 2. The first kappa shape index (κ1) is 30.6. The van der Waals surface area contributed by atoms with Crippen molar-refractivity contribution in [1.82, 2.24) is 24.9 Å². The van der Waals surface area contributed by atoms with Crippen LogP contribution in [-0.4, -0.2) is 96.0 Å². The minimum atomic E-state index is -0.710. The molecule has 0 saturated carbocycles. The molecule has 2 fully saturated rings. The molecule has 226 valence electrons. The number of anilines is 2. The molecule has 2 aromatic rings. The van der Waals surface area contributed by atoms with Gasteiger partial charge in [0.05, 0.1) is 5.69 Å². The maximum Gasteiger partial charge on any atom is 0.322 e. The molecule has 0 bridgehead atoms. The Kier molecular flexibility index (Phi) is 9.64. The fourth-order valence-electron chi connectivity index (χ4n) is 6.15. The standard InChI is InChI=1S/C30H39Br2N7O3/c1-36(2)21-7-11-37(12-8-21)28(40)26(17-19-15-23(31)27(33)24(32)16-19)35-29(41)38-13-9-22(10-14-38)39-18-20-5-3-4-6-25(20)34-30(39)42/h3-6,15-16,21-22,26H,7-14,17-18,33H2,1-2H3,(H,34,42)(H,35,41)/t26-/m1/s1. The van der Waals surface area contributed by atoms with Gasteiger partial charge in [0.1, 0.15) is 6.04 Å². The van der Waals surface area contributed by atoms with Gasteiger partial charge >= 0.3 is 12.1 Å². The van der Waals surface area contributed by atoms with Crippen LogP contribution >= 0.6 is 31.9 Å². The lowest BCUT2D eigenvalue weighted by atomic mass is 10.00. The average molecular weight is 705 g/mol. The third-order valence-electron chi connectivity index (χ3n) is 8.73. The summed E-state index contributed by atoms with van der Waals surface area (Å²) in [5.74, 6) is -0.0665. The lowest BCUT2D eigenvalue weighted by molar-refractivity contribution is -0.134. The highest BCUT2D eigenvalue weighted by Gasteiger charge is 2.35. The summed E-state index contributed by atoms with van der Waals surface area (Å²) in [7, 11) is 4.14. The molecular formula is C30H39Br2N7O3. The number of halogens is 2. The Morgan fingerprint density at radius 3 is 2.29 bits per heavy atom. The van der Waals surface area contributed by atoms with Gasteiger partial charge in [0, 0.05) is 65.9 Å². The Labute approximate surface area is 264 Å². The molecule has 2 aromatic carbocycles. The minimum absolute atomic E-state index is 0.0438. The summed E-state index contributed by atoms with van der Waals surface area (Å²) in [6.07, 6.45) is 3.51. The van der Waals surface area contributed by atoms with Gasteiger partial charge in [-0.05, 0) is 101 Å². The van der Waals surface area contributed by atoms with Gasteiger partial charge in [-0.15, -0.1) is 0 Å². The summed E-state index contributed by atoms with van der Waals surface area (Å²) < 4.78 is 1.48. The number of piperidine rings is 2. The average Bonchev–Trinajstić information content (AvgIpc) is 2.99. The molecule has 42 heavy (non-hydrogen) atoms. The number of benzene rings is 2. The van der Waals surface area contributed by atoms with Crippen LogP contribution in [0.25, 0.3) is 0 Å². The van der Waals surface area contributed by atoms with Crippen molar-refractivity contribution < 1.29 is 14.4 Å². The second kappa shape index (κ2) is 13.2. The van der Waals surface area contributed by atoms with Crippen LogP contribution in [0.1, 0.15) is 36.8 Å². The number of amides is 5. The number of hydrogen-bond acceptors (Lipinski definition) is 5. The van der Waals surface area contributed by atoms with E-state index in [1.807, 2.05) is 46.2 Å². The van der Waals surface area contributed by atoms with Gasteiger partial charge in [-0.3, -0.25) is 4.79 Å². The van der Waals surface area contributed by atoms with E-state index >= 15 is 0 Å². The Hall–Kier alpha value is -2.83. The third kappa shape index (κ3) is 6.86. The van der Waals surface area contributed by atoms with Crippen molar-refractivity contribution in [2.24, 2.45) is 0 Å². The monoisotopic (exact) mass is 703 g/mol. The van der Waals surface area contributed by atoms with Gasteiger partial charge in [-0.25, -0.2) is 9.59 Å². The number of rotatable bonds is 6. The van der Waals surface area contributed by atoms with Crippen LogP contribution in [0.15, 0.2) is 45.3 Å². The van der Waals surface area contributed by atoms with Crippen LogP contribution in [0.5, 0.6) is 0 Å². The number of nitrogen functional groups attached to an aromatic ring is 1. The van der Waals surface area contributed by atoms with E-state index in [9.17, 15) is 14.4 Å². The number of urea groups is 2. The SMILES string of the molecule is CN(C)C1CCN(C(=O)[C@@H](Cc2cc(Br)c(N)c(Br)c2)NC(=O)N2CCC(N3Cc4ccccc4NC3=O)CC2)CC1. The highest BCUT2D eigenvalue weighted by atomic mass is 79.9. The predicted octanol–water partition coefficient (Wildman–Crippen LogP) is 4.48. The number of para-hydroxylation sites is 1.